The number of nitrogens with zero attached hydrogens (tertiary/aromatic N) is 1. The van der Waals surface area contributed by atoms with E-state index >= 15 is 0 Å². The van der Waals surface area contributed by atoms with Crippen molar-refractivity contribution in [3.63, 3.8) is 0 Å². The van der Waals surface area contributed by atoms with Gasteiger partial charge in [0, 0.05) is 12.7 Å². The molecule has 1 aromatic rings. The Hall–Kier alpha value is -2.11. The van der Waals surface area contributed by atoms with Gasteiger partial charge in [-0.25, -0.2) is 4.98 Å². The molecule has 0 aliphatic carbocycles. The zero-order valence-electron chi connectivity index (χ0n) is 10.6. The molecular formula is C12H18N4O2. The number of rotatable bonds is 6. The Kier molecular flexibility index (Phi) is 5.10. The molecule has 0 radical (unpaired) electrons. The summed E-state index contributed by atoms with van der Waals surface area (Å²) in [7, 11) is 0. The van der Waals surface area contributed by atoms with Crippen LogP contribution in [0.5, 0.6) is 0 Å². The van der Waals surface area contributed by atoms with Crippen LogP contribution >= 0.6 is 0 Å². The Balaban J connectivity index is 2.61. The highest BCUT2D eigenvalue weighted by molar-refractivity contribution is 5.97. The number of primary amides is 1. The summed E-state index contributed by atoms with van der Waals surface area (Å²) in [5.41, 5.74) is 5.46. The highest BCUT2D eigenvalue weighted by atomic mass is 16.2. The van der Waals surface area contributed by atoms with Crippen LogP contribution in [0.15, 0.2) is 18.3 Å². The van der Waals surface area contributed by atoms with E-state index in [2.05, 4.69) is 22.5 Å². The number of carbonyl (C=O) groups is 2. The minimum absolute atomic E-state index is 0.365. The maximum Gasteiger partial charge on any atom is 0.253 e. The zero-order valence-corrected chi connectivity index (χ0v) is 10.6. The molecule has 1 aromatic heterocycles. The Labute approximate surface area is 106 Å². The first-order chi connectivity index (χ1) is 8.54. The largest absolute Gasteiger partial charge is 0.370 e. The van der Waals surface area contributed by atoms with Gasteiger partial charge >= 0.3 is 0 Å². The van der Waals surface area contributed by atoms with Gasteiger partial charge in [0.1, 0.15) is 11.9 Å². The van der Waals surface area contributed by atoms with Crippen LogP contribution in [0.3, 0.4) is 0 Å². The van der Waals surface area contributed by atoms with Crippen molar-refractivity contribution in [1.29, 1.82) is 0 Å². The van der Waals surface area contributed by atoms with Crippen molar-refractivity contribution in [2.45, 2.75) is 26.3 Å². The molecule has 0 bridgehead atoms. The van der Waals surface area contributed by atoms with E-state index in [0.29, 0.717) is 5.56 Å². The summed E-state index contributed by atoms with van der Waals surface area (Å²) >= 11 is 0. The third-order valence-electron chi connectivity index (χ3n) is 2.36. The Bertz CT molecular complexity index is 417. The average molecular weight is 250 g/mol. The van der Waals surface area contributed by atoms with Crippen LogP contribution in [0.1, 0.15) is 30.6 Å². The number of anilines is 1. The minimum atomic E-state index is -0.699. The van der Waals surface area contributed by atoms with Crippen molar-refractivity contribution in [2.24, 2.45) is 5.73 Å². The Morgan fingerprint density at radius 3 is 2.67 bits per heavy atom. The molecule has 6 heteroatoms. The lowest BCUT2D eigenvalue weighted by atomic mass is 10.2. The maximum atomic E-state index is 11.7. The fourth-order valence-electron chi connectivity index (χ4n) is 1.24. The van der Waals surface area contributed by atoms with Crippen LogP contribution in [-0.4, -0.2) is 29.4 Å². The van der Waals surface area contributed by atoms with Crippen LogP contribution in [-0.2, 0) is 4.79 Å². The fourth-order valence-corrected chi connectivity index (χ4v) is 1.24. The summed E-state index contributed by atoms with van der Waals surface area (Å²) in [6, 6.07) is 2.67. The molecule has 2 amide bonds. The molecule has 0 aliphatic heterocycles. The van der Waals surface area contributed by atoms with E-state index in [0.717, 1.165) is 18.8 Å². The smallest absolute Gasteiger partial charge is 0.253 e. The topological polar surface area (TPSA) is 97.1 Å². The van der Waals surface area contributed by atoms with Crippen LogP contribution in [0, 0.1) is 0 Å². The van der Waals surface area contributed by atoms with E-state index in [9.17, 15) is 9.59 Å². The van der Waals surface area contributed by atoms with E-state index in [-0.39, 0.29) is 5.91 Å². The van der Waals surface area contributed by atoms with Gasteiger partial charge in [0.2, 0.25) is 5.91 Å². The van der Waals surface area contributed by atoms with Crippen LogP contribution < -0.4 is 16.4 Å². The zero-order chi connectivity index (χ0) is 13.5. The summed E-state index contributed by atoms with van der Waals surface area (Å²) in [5, 5.41) is 5.59. The number of nitrogens with one attached hydrogen (secondary N) is 2. The molecule has 0 aromatic carbocycles. The lowest BCUT2D eigenvalue weighted by molar-refractivity contribution is -0.119. The lowest BCUT2D eigenvalue weighted by Gasteiger charge is -2.10. The predicted molar refractivity (Wildman–Crippen MR) is 69.1 cm³/mol. The number of pyridine rings is 1. The molecule has 1 atom stereocenters. The molecule has 0 aliphatic rings. The minimum Gasteiger partial charge on any atom is -0.370 e. The number of nitrogens with two attached hydrogens (primary N) is 1. The maximum absolute atomic E-state index is 11.7. The SMILES string of the molecule is CCCNc1ccc(C(=O)NC(C)C(N)=O)cn1. The molecule has 0 fully saturated rings. The number of carbonyl (C=O) groups excluding carboxylic acids is 2. The van der Waals surface area contributed by atoms with Crippen molar-refractivity contribution < 1.29 is 9.59 Å². The van der Waals surface area contributed by atoms with Gasteiger partial charge in [-0.15, -0.1) is 0 Å². The monoisotopic (exact) mass is 250 g/mol. The van der Waals surface area contributed by atoms with Crippen molar-refractivity contribution in [2.75, 3.05) is 11.9 Å². The van der Waals surface area contributed by atoms with Crippen molar-refractivity contribution in [3.8, 4) is 0 Å². The first-order valence-corrected chi connectivity index (χ1v) is 5.84. The lowest BCUT2D eigenvalue weighted by Crippen LogP contribution is -2.42. The normalized spacial score (nSPS) is 11.7. The van der Waals surface area contributed by atoms with Crippen LogP contribution in [0.2, 0.25) is 0 Å². The number of amides is 2. The standard InChI is InChI=1S/C12H18N4O2/c1-3-6-14-10-5-4-9(7-15-10)12(18)16-8(2)11(13)17/h4-5,7-8H,3,6H2,1-2H3,(H2,13,17)(H,14,15)(H,16,18). The molecule has 6 nitrogen and oxygen atoms in total. The Morgan fingerprint density at radius 1 is 1.44 bits per heavy atom. The third kappa shape index (κ3) is 4.04. The molecule has 18 heavy (non-hydrogen) atoms. The van der Waals surface area contributed by atoms with E-state index in [1.807, 2.05) is 0 Å². The van der Waals surface area contributed by atoms with E-state index in [1.54, 1.807) is 12.1 Å². The van der Waals surface area contributed by atoms with Crippen molar-refractivity contribution in [3.05, 3.63) is 23.9 Å². The van der Waals surface area contributed by atoms with E-state index in [1.165, 1.54) is 13.1 Å². The van der Waals surface area contributed by atoms with Gasteiger partial charge in [-0.2, -0.15) is 0 Å². The van der Waals surface area contributed by atoms with Gasteiger partial charge in [-0.3, -0.25) is 9.59 Å². The number of hydrogen-bond donors (Lipinski definition) is 3. The molecule has 0 saturated heterocycles. The van der Waals surface area contributed by atoms with Crippen LogP contribution in [0.4, 0.5) is 5.82 Å². The highest BCUT2D eigenvalue weighted by Gasteiger charge is 2.13. The van der Waals surface area contributed by atoms with Gasteiger partial charge in [0.15, 0.2) is 0 Å². The fraction of sp³-hybridized carbons (Fsp3) is 0.417. The molecule has 1 rings (SSSR count). The second-order valence-corrected chi connectivity index (χ2v) is 3.96. The van der Waals surface area contributed by atoms with E-state index in [4.69, 9.17) is 5.73 Å². The quantitative estimate of drug-likeness (QED) is 0.685. The summed E-state index contributed by atoms with van der Waals surface area (Å²) < 4.78 is 0. The number of hydrogen-bond acceptors (Lipinski definition) is 4. The first kappa shape index (κ1) is 14.0. The van der Waals surface area contributed by atoms with Gasteiger partial charge in [0.05, 0.1) is 5.56 Å². The summed E-state index contributed by atoms with van der Waals surface area (Å²) in [6.45, 7) is 4.42. The van der Waals surface area contributed by atoms with Crippen molar-refractivity contribution in [1.82, 2.24) is 10.3 Å². The molecule has 98 valence electrons. The Morgan fingerprint density at radius 2 is 2.17 bits per heavy atom. The second-order valence-electron chi connectivity index (χ2n) is 3.96. The third-order valence-corrected chi connectivity index (χ3v) is 2.36. The van der Waals surface area contributed by atoms with Gasteiger partial charge < -0.3 is 16.4 Å². The molecule has 1 unspecified atom stereocenters. The highest BCUT2D eigenvalue weighted by Crippen LogP contribution is 2.05. The van der Waals surface area contributed by atoms with Gasteiger partial charge in [-0.1, -0.05) is 6.92 Å². The average Bonchev–Trinajstić information content (AvgIpc) is 2.36. The summed E-state index contributed by atoms with van der Waals surface area (Å²) in [4.78, 5) is 26.6. The van der Waals surface area contributed by atoms with E-state index < -0.39 is 11.9 Å². The molecule has 4 N–H and O–H groups in total. The van der Waals surface area contributed by atoms with Gasteiger partial charge in [0.25, 0.3) is 5.91 Å². The summed E-state index contributed by atoms with van der Waals surface area (Å²) in [5.74, 6) is -0.218. The van der Waals surface area contributed by atoms with Gasteiger partial charge in [-0.05, 0) is 25.5 Å². The second kappa shape index (κ2) is 6.58. The molecule has 0 saturated carbocycles. The molecule has 1 heterocycles. The number of aromatic nitrogens is 1. The van der Waals surface area contributed by atoms with Crippen molar-refractivity contribution >= 4 is 17.6 Å². The van der Waals surface area contributed by atoms with Crippen LogP contribution in [0.25, 0.3) is 0 Å². The molecular weight excluding hydrogens is 232 g/mol. The predicted octanol–water partition coefficient (Wildman–Crippen LogP) is 0.507. The summed E-state index contributed by atoms with van der Waals surface area (Å²) in [6.07, 6.45) is 2.46. The first-order valence-electron chi connectivity index (χ1n) is 5.84. The molecule has 0 spiro atoms.